The van der Waals surface area contributed by atoms with Crippen molar-refractivity contribution in [3.63, 3.8) is 0 Å². The molecule has 51 heavy (non-hydrogen) atoms. The van der Waals surface area contributed by atoms with Crippen molar-refractivity contribution in [2.75, 3.05) is 0 Å². The summed E-state index contributed by atoms with van der Waals surface area (Å²) in [5.74, 6) is -62.1. The number of aromatic nitrogens is 2. The van der Waals surface area contributed by atoms with Crippen LogP contribution in [0.25, 0.3) is 11.4 Å². The van der Waals surface area contributed by atoms with Gasteiger partial charge >= 0.3 is 53.6 Å². The number of ether oxygens (including phenoxy) is 1. The Bertz CT molecular complexity index is 1490. The number of hydrogen-bond donors (Lipinski definition) is 0. The Morgan fingerprint density at radius 2 is 1.10 bits per heavy atom. The van der Waals surface area contributed by atoms with Crippen molar-refractivity contribution in [1.29, 1.82) is 0 Å². The first-order valence-corrected chi connectivity index (χ1v) is 15.0. The van der Waals surface area contributed by atoms with E-state index in [1.165, 1.54) is 24.3 Å². The summed E-state index contributed by atoms with van der Waals surface area (Å²) < 4.78 is 237. The molecule has 1 aromatic carbocycles. The Kier molecular flexibility index (Phi) is 11.7. The molecule has 0 amide bonds. The monoisotopic (exact) mass is 770 g/mol. The fourth-order valence-corrected chi connectivity index (χ4v) is 5.21. The first-order valence-electron chi connectivity index (χ1n) is 15.0. The smallest absolute Gasteiger partial charge is 0.426 e. The Balaban J connectivity index is 1.70. The van der Waals surface area contributed by atoms with E-state index in [0.717, 1.165) is 31.2 Å². The average molecular weight is 771 g/mol. The normalized spacial score (nSPS) is 18.9. The minimum Gasteiger partial charge on any atom is -0.426 e. The zero-order valence-corrected chi connectivity index (χ0v) is 25.9. The van der Waals surface area contributed by atoms with Crippen LogP contribution in [-0.4, -0.2) is 63.6 Å². The molecule has 3 rings (SSSR count). The number of aryl methyl sites for hydroxylation is 1. The van der Waals surface area contributed by atoms with Crippen LogP contribution < -0.4 is 4.74 Å². The molecule has 288 valence electrons. The maximum Gasteiger partial charge on any atom is 0.460 e. The lowest BCUT2D eigenvalue weighted by Gasteiger charge is -2.44. The number of hydrogen-bond acceptors (Lipinski definition) is 4. The second-order valence-corrected chi connectivity index (χ2v) is 11.9. The van der Waals surface area contributed by atoms with Crippen molar-refractivity contribution in [3.05, 3.63) is 42.2 Å². The summed E-state index contributed by atoms with van der Waals surface area (Å²) in [5, 5.41) is 0. The van der Waals surface area contributed by atoms with E-state index in [0.29, 0.717) is 11.4 Å². The van der Waals surface area contributed by atoms with Gasteiger partial charge in [0.25, 0.3) is 0 Å². The number of alkyl halides is 17. The molecule has 21 heteroatoms. The minimum absolute atomic E-state index is 0.116. The summed E-state index contributed by atoms with van der Waals surface area (Å²) in [6.07, 6.45) is -5.26. The third kappa shape index (κ3) is 7.30. The number of nitrogens with zero attached hydrogens (tertiary/aromatic N) is 2. The minimum atomic E-state index is -8.67. The molecule has 0 radical (unpaired) electrons. The van der Waals surface area contributed by atoms with Gasteiger partial charge in [-0.15, -0.1) is 0 Å². The van der Waals surface area contributed by atoms with Crippen LogP contribution in [0.3, 0.4) is 0 Å². The number of halogens is 17. The van der Waals surface area contributed by atoms with Gasteiger partial charge in [-0.05, 0) is 68.4 Å². The van der Waals surface area contributed by atoms with E-state index in [9.17, 15) is 79.4 Å². The maximum absolute atomic E-state index is 14.7. The number of benzene rings is 1. The number of esters is 1. The van der Waals surface area contributed by atoms with E-state index in [1.54, 1.807) is 12.4 Å². The highest BCUT2D eigenvalue weighted by molar-refractivity contribution is 5.75. The maximum atomic E-state index is 14.7. The predicted molar refractivity (Wildman–Crippen MR) is 142 cm³/mol. The molecule has 1 heterocycles. The first kappa shape index (κ1) is 42.0. The van der Waals surface area contributed by atoms with E-state index in [4.69, 9.17) is 4.74 Å². The largest absolute Gasteiger partial charge is 0.460 e. The highest BCUT2D eigenvalue weighted by atomic mass is 19.4. The Hall–Kier alpha value is -3.42. The van der Waals surface area contributed by atoms with Crippen LogP contribution in [0, 0.1) is 11.8 Å². The van der Waals surface area contributed by atoms with Crippen molar-refractivity contribution in [2.24, 2.45) is 11.8 Å². The Morgan fingerprint density at radius 1 is 0.647 bits per heavy atom. The van der Waals surface area contributed by atoms with Crippen molar-refractivity contribution < 1.29 is 84.2 Å². The molecule has 1 saturated carbocycles. The van der Waals surface area contributed by atoms with Crippen LogP contribution in [0.4, 0.5) is 74.6 Å². The molecule has 0 saturated heterocycles. The summed E-state index contributed by atoms with van der Waals surface area (Å²) >= 11 is 0. The topological polar surface area (TPSA) is 52.1 Å². The van der Waals surface area contributed by atoms with E-state index in [1.807, 2.05) is 6.92 Å². The number of carbonyl (C=O) groups excluding carboxylic acids is 1. The van der Waals surface area contributed by atoms with Gasteiger partial charge in [-0.3, -0.25) is 4.79 Å². The molecule has 1 aliphatic carbocycles. The molecule has 0 aliphatic heterocycles. The standard InChI is InChI=1S/C30H27F17N2O2/c1-2-3-4-5-16-14-48-21(49-15-16)17-8-12-20(13-9-17)51-22(50)18-6-10-19(11-7-18)23(31,32)24(33,34)25(35,36)26(37,38)27(39,40)28(41,42)29(43,44)30(45,46)47/h8-9,12-15,18-19H,2-7,10-11H2,1H3. The van der Waals surface area contributed by atoms with Gasteiger partial charge in [-0.1, -0.05) is 19.8 Å². The van der Waals surface area contributed by atoms with Gasteiger partial charge in [-0.2, -0.15) is 74.6 Å². The number of carbonyl (C=O) groups is 1. The summed E-state index contributed by atoms with van der Waals surface area (Å²) in [5.41, 5.74) is 1.38. The molecule has 1 fully saturated rings. The molecule has 0 bridgehead atoms. The summed E-state index contributed by atoms with van der Waals surface area (Å²) in [7, 11) is 0. The van der Waals surface area contributed by atoms with Gasteiger partial charge in [0.2, 0.25) is 0 Å². The fraction of sp³-hybridized carbons (Fsp3) is 0.633. The predicted octanol–water partition coefficient (Wildman–Crippen LogP) is 10.6. The molecule has 0 unspecified atom stereocenters. The van der Waals surface area contributed by atoms with Crippen LogP contribution in [-0.2, 0) is 11.2 Å². The van der Waals surface area contributed by atoms with Crippen LogP contribution >= 0.6 is 0 Å². The van der Waals surface area contributed by atoms with Crippen LogP contribution in [0.5, 0.6) is 5.75 Å². The van der Waals surface area contributed by atoms with Crippen LogP contribution in [0.15, 0.2) is 36.7 Å². The molecule has 0 N–H and O–H groups in total. The molecule has 0 spiro atoms. The Labute approximate surface area is 277 Å². The van der Waals surface area contributed by atoms with E-state index < -0.39 is 91.1 Å². The van der Waals surface area contributed by atoms with Gasteiger partial charge in [0.05, 0.1) is 5.92 Å². The zero-order valence-electron chi connectivity index (χ0n) is 25.9. The van der Waals surface area contributed by atoms with Crippen LogP contribution in [0.2, 0.25) is 0 Å². The van der Waals surface area contributed by atoms with E-state index >= 15 is 0 Å². The molecule has 0 atom stereocenters. The molecule has 2 aromatic rings. The highest BCUT2D eigenvalue weighted by Crippen LogP contribution is 2.65. The lowest BCUT2D eigenvalue weighted by Crippen LogP contribution is -2.75. The second-order valence-electron chi connectivity index (χ2n) is 11.9. The van der Waals surface area contributed by atoms with E-state index in [2.05, 4.69) is 9.97 Å². The molecule has 4 nitrogen and oxygen atoms in total. The van der Waals surface area contributed by atoms with Crippen molar-refractivity contribution in [2.45, 2.75) is 106 Å². The first-order chi connectivity index (χ1) is 23.1. The quantitative estimate of drug-likeness (QED) is 0.0831. The number of unbranched alkanes of at least 4 members (excludes halogenated alkanes) is 2. The van der Waals surface area contributed by atoms with Crippen LogP contribution in [0.1, 0.15) is 57.4 Å². The SMILES string of the molecule is CCCCCc1cnc(-c2ccc(OC(=O)C3CCC(C(F)(F)C(F)(F)C(F)(F)C(F)(F)C(F)(F)C(F)(F)C(F)(F)C(F)(F)F)CC3)cc2)nc1. The third-order valence-corrected chi connectivity index (χ3v) is 8.42. The fourth-order valence-electron chi connectivity index (χ4n) is 5.21. The average Bonchev–Trinajstić information content (AvgIpc) is 3.04. The van der Waals surface area contributed by atoms with Gasteiger partial charge in [0, 0.05) is 23.9 Å². The zero-order chi connectivity index (χ0) is 39.1. The van der Waals surface area contributed by atoms with Crippen molar-refractivity contribution >= 4 is 5.97 Å². The molecular formula is C30H27F17N2O2. The van der Waals surface area contributed by atoms with Gasteiger partial charge in [0.15, 0.2) is 5.82 Å². The van der Waals surface area contributed by atoms with Gasteiger partial charge in [0.1, 0.15) is 5.75 Å². The summed E-state index contributed by atoms with van der Waals surface area (Å²) in [6, 6.07) is 5.43. The van der Waals surface area contributed by atoms with Crippen molar-refractivity contribution in [3.8, 4) is 17.1 Å². The lowest BCUT2D eigenvalue weighted by molar-refractivity contribution is -0.463. The van der Waals surface area contributed by atoms with Gasteiger partial charge in [-0.25, -0.2) is 9.97 Å². The number of rotatable bonds is 14. The lowest BCUT2D eigenvalue weighted by atomic mass is 9.75. The highest BCUT2D eigenvalue weighted by Gasteiger charge is 2.95. The molecular weight excluding hydrogens is 743 g/mol. The van der Waals surface area contributed by atoms with Gasteiger partial charge < -0.3 is 4.74 Å². The molecule has 1 aromatic heterocycles. The Morgan fingerprint density at radius 3 is 1.55 bits per heavy atom. The van der Waals surface area contributed by atoms with Crippen molar-refractivity contribution in [1.82, 2.24) is 9.97 Å². The third-order valence-electron chi connectivity index (χ3n) is 8.42. The van der Waals surface area contributed by atoms with E-state index in [-0.39, 0.29) is 5.75 Å². The summed E-state index contributed by atoms with van der Waals surface area (Å²) in [4.78, 5) is 21.1. The molecule has 1 aliphatic rings. The summed E-state index contributed by atoms with van der Waals surface area (Å²) in [6.45, 7) is 2.04. The second kappa shape index (κ2) is 14.2.